The average molecular weight is 447 g/mol. The Morgan fingerprint density at radius 1 is 1.15 bits per heavy atom. The largest absolute Gasteiger partial charge is 3.00 e. The second-order valence-corrected chi connectivity index (χ2v) is 12.7. The normalized spacial score (nSPS) is 14.8. The van der Waals surface area contributed by atoms with Crippen molar-refractivity contribution in [1.29, 1.82) is 0 Å². The zero-order valence-corrected chi connectivity index (χ0v) is 21.2. The third-order valence-electron chi connectivity index (χ3n) is 3.66. The van der Waals surface area contributed by atoms with E-state index in [2.05, 4.69) is 83.9 Å². The fourth-order valence-corrected chi connectivity index (χ4v) is 3.53. The van der Waals surface area contributed by atoms with Crippen LogP contribution in [-0.4, -0.2) is 13.9 Å². The van der Waals surface area contributed by atoms with E-state index in [4.69, 9.17) is 4.43 Å². The number of halogens is 2. The molecule has 143 valence electrons. The first-order valence-corrected chi connectivity index (χ1v) is 11.9. The number of allylic oxidation sites excluding steroid dienone is 2. The average Bonchev–Trinajstić information content (AvgIpc) is 2.72. The van der Waals surface area contributed by atoms with Crippen molar-refractivity contribution in [2.24, 2.45) is 0 Å². The van der Waals surface area contributed by atoms with Gasteiger partial charge in [-0.25, -0.2) is 0 Å². The van der Waals surface area contributed by atoms with Crippen molar-refractivity contribution < 1.29 is 51.0 Å². The van der Waals surface area contributed by atoms with Gasteiger partial charge in [-0.3, -0.25) is 0 Å². The summed E-state index contributed by atoms with van der Waals surface area (Å²) in [6, 6.07) is 6.30. The molecular formula is C20H30Cl2NOSiTi. The Morgan fingerprint density at radius 3 is 2.19 bits per heavy atom. The van der Waals surface area contributed by atoms with Crippen LogP contribution in [0, 0.1) is 6.08 Å². The van der Waals surface area contributed by atoms with E-state index in [1.807, 2.05) is 0 Å². The first kappa shape index (κ1) is 28.0. The maximum atomic E-state index is 6.37. The van der Waals surface area contributed by atoms with Crippen molar-refractivity contribution in [1.82, 2.24) is 5.32 Å². The molecule has 2 rings (SSSR count). The molecule has 2 nitrogen and oxygen atoms in total. The second kappa shape index (κ2) is 10.4. The summed E-state index contributed by atoms with van der Waals surface area (Å²) < 4.78 is 6.37. The Bertz CT molecular complexity index is 673. The molecule has 0 saturated heterocycles. The summed E-state index contributed by atoms with van der Waals surface area (Å²) >= 11 is 0. The van der Waals surface area contributed by atoms with Crippen molar-refractivity contribution in [3.05, 3.63) is 46.7 Å². The summed E-state index contributed by atoms with van der Waals surface area (Å²) in [7, 11) is -1.66. The van der Waals surface area contributed by atoms with Gasteiger partial charge in [0.05, 0.1) is 5.75 Å². The van der Waals surface area contributed by atoms with Crippen LogP contribution >= 0.6 is 0 Å². The fourth-order valence-electron chi connectivity index (χ4n) is 2.70. The first-order valence-electron chi connectivity index (χ1n) is 8.46. The van der Waals surface area contributed by atoms with Crippen molar-refractivity contribution in [3.63, 3.8) is 0 Å². The van der Waals surface area contributed by atoms with E-state index < -0.39 is 8.32 Å². The summed E-state index contributed by atoms with van der Waals surface area (Å²) in [5.74, 6) is 1.00. The van der Waals surface area contributed by atoms with Crippen LogP contribution in [0.3, 0.4) is 0 Å². The number of hydrogen-bond acceptors (Lipinski definition) is 2. The van der Waals surface area contributed by atoms with Gasteiger partial charge in [0.1, 0.15) is 0 Å². The molecule has 0 amide bonds. The monoisotopic (exact) mass is 446 g/mol. The molecule has 1 aromatic rings. The Balaban J connectivity index is 0. The summed E-state index contributed by atoms with van der Waals surface area (Å²) in [5, 5.41) is 3.62. The third-order valence-corrected chi connectivity index (χ3v) is 4.49. The van der Waals surface area contributed by atoms with E-state index in [-0.39, 0.29) is 52.1 Å². The molecule has 0 unspecified atom stereocenters. The van der Waals surface area contributed by atoms with Crippen LogP contribution in [0.15, 0.2) is 29.5 Å². The maximum Gasteiger partial charge on any atom is 3.00 e. The smallest absolute Gasteiger partial charge is 1.00 e. The number of nitrogens with one attached hydrogen (secondary N) is 1. The Hall–Kier alpha value is -0.189. The summed E-state index contributed by atoms with van der Waals surface area (Å²) in [6.45, 7) is 17.6. The minimum absolute atomic E-state index is 0. The van der Waals surface area contributed by atoms with Gasteiger partial charge in [-0.2, -0.15) is 0 Å². The molecule has 26 heavy (non-hydrogen) atoms. The minimum Gasteiger partial charge on any atom is -1.00 e. The van der Waals surface area contributed by atoms with Gasteiger partial charge in [0.15, 0.2) is 0 Å². The van der Waals surface area contributed by atoms with Crippen LogP contribution in [-0.2, 0) is 21.7 Å². The molecule has 0 fully saturated rings. The molecular weight excluding hydrogens is 417 g/mol. The van der Waals surface area contributed by atoms with Gasteiger partial charge in [-0.1, -0.05) is 25.1 Å². The number of hydrogen-bond donors (Lipinski definition) is 1. The van der Waals surface area contributed by atoms with E-state index in [9.17, 15) is 0 Å². The molecule has 0 heterocycles. The molecule has 1 aromatic carbocycles. The van der Waals surface area contributed by atoms with Crippen LogP contribution in [0.5, 0.6) is 5.75 Å². The summed E-state index contributed by atoms with van der Waals surface area (Å²) in [4.78, 5) is 0. The second-order valence-electron chi connectivity index (χ2n) is 8.28. The molecule has 1 aliphatic rings. The predicted octanol–water partition coefficient (Wildman–Crippen LogP) is -0.474. The molecule has 0 aromatic heterocycles. The zero-order chi connectivity index (χ0) is 17.4. The van der Waals surface area contributed by atoms with Crippen molar-refractivity contribution >= 4 is 13.9 Å². The van der Waals surface area contributed by atoms with Gasteiger partial charge in [-0.05, 0) is 52.9 Å². The Morgan fingerprint density at radius 2 is 1.73 bits per heavy atom. The summed E-state index contributed by atoms with van der Waals surface area (Å²) in [5.41, 5.74) is 6.08. The van der Waals surface area contributed by atoms with Crippen LogP contribution in [0.4, 0.5) is 0 Å². The van der Waals surface area contributed by atoms with Crippen LogP contribution in [0.2, 0.25) is 19.6 Å². The molecule has 1 radical (unpaired) electrons. The predicted molar refractivity (Wildman–Crippen MR) is 102 cm³/mol. The summed E-state index contributed by atoms with van der Waals surface area (Å²) in [6.07, 6.45) is 4.59. The van der Waals surface area contributed by atoms with E-state index in [0.717, 1.165) is 23.4 Å². The molecule has 0 atom stereocenters. The van der Waals surface area contributed by atoms with Gasteiger partial charge >= 0.3 is 21.7 Å². The molecule has 6 heteroatoms. The maximum absolute atomic E-state index is 6.37. The minimum atomic E-state index is -1.66. The van der Waals surface area contributed by atoms with Crippen molar-refractivity contribution in [2.45, 2.75) is 66.2 Å². The van der Waals surface area contributed by atoms with Crippen LogP contribution in [0.1, 0.15) is 52.2 Å². The molecule has 0 spiro atoms. The molecule has 1 aliphatic carbocycles. The van der Waals surface area contributed by atoms with Crippen molar-refractivity contribution in [3.8, 4) is 5.75 Å². The van der Waals surface area contributed by atoms with Gasteiger partial charge in [0.25, 0.3) is 0 Å². The van der Waals surface area contributed by atoms with E-state index >= 15 is 0 Å². The molecule has 0 bridgehead atoms. The van der Waals surface area contributed by atoms with E-state index in [1.54, 1.807) is 0 Å². The molecule has 0 saturated carbocycles. The third kappa shape index (κ3) is 7.09. The number of fused-ring (bicyclic) bond motifs is 1. The SMILES string of the molecule is CCC(C)=C1C(NC(C)(C)C)=[C-]c2cccc(O[Si](C)(C)C)c21.[Cl-].[Cl-].[Ti+3]. The molecule has 0 aliphatic heterocycles. The van der Waals surface area contributed by atoms with Crippen LogP contribution < -0.4 is 34.6 Å². The standard InChI is InChI=1S/C20H30NOSi.2ClH.Ti/c1-9-14(2)18-16(21-20(3,4)5)13-15-11-10-12-17(19(15)18)22-23(6,7)8;;;/h10-12,21H,9H2,1-8H3;2*1H;/q-1;;;+3/p-2. The van der Waals surface area contributed by atoms with Gasteiger partial charge in [0, 0.05) is 5.54 Å². The van der Waals surface area contributed by atoms with E-state index in [0.29, 0.717) is 0 Å². The van der Waals surface area contributed by atoms with Crippen LogP contribution in [0.25, 0.3) is 5.57 Å². The Labute approximate surface area is 188 Å². The first-order chi connectivity index (χ1) is 10.5. The quantitative estimate of drug-likeness (QED) is 0.498. The molecule has 1 N–H and O–H groups in total. The van der Waals surface area contributed by atoms with Gasteiger partial charge in [0.2, 0.25) is 8.32 Å². The van der Waals surface area contributed by atoms with Gasteiger partial charge < -0.3 is 34.6 Å². The fraction of sp³-hybridized carbons (Fsp3) is 0.500. The Kier molecular flexibility index (Phi) is 11.2. The van der Waals surface area contributed by atoms with E-state index in [1.165, 1.54) is 16.7 Å². The van der Waals surface area contributed by atoms with Crippen molar-refractivity contribution in [2.75, 3.05) is 0 Å². The zero-order valence-electron chi connectivity index (χ0n) is 17.1. The number of rotatable bonds is 4. The number of benzene rings is 1. The topological polar surface area (TPSA) is 21.3 Å². The van der Waals surface area contributed by atoms with Gasteiger partial charge in [-0.15, -0.1) is 34.9 Å².